The summed E-state index contributed by atoms with van der Waals surface area (Å²) in [6.07, 6.45) is 7.70. The molecule has 0 bridgehead atoms. The van der Waals surface area contributed by atoms with Crippen LogP contribution in [0.1, 0.15) is 42.6 Å². The van der Waals surface area contributed by atoms with Crippen LogP contribution in [0.3, 0.4) is 0 Å². The zero-order chi connectivity index (χ0) is 13.1. The number of nitrogens with one attached hydrogen (secondary N) is 1. The van der Waals surface area contributed by atoms with Crippen LogP contribution in [0.15, 0.2) is 0 Å². The van der Waals surface area contributed by atoms with Gasteiger partial charge in [-0.2, -0.15) is 16.9 Å². The molecule has 0 aromatic carbocycles. The summed E-state index contributed by atoms with van der Waals surface area (Å²) in [5.41, 5.74) is 3.83. The molecule has 2 unspecified atom stereocenters. The topological polar surface area (TPSA) is 29.9 Å². The van der Waals surface area contributed by atoms with E-state index >= 15 is 0 Å². The lowest BCUT2D eigenvalue weighted by atomic mass is 9.94. The highest BCUT2D eigenvalue weighted by Gasteiger charge is 2.24. The molecular formula is C14H25N3S. The summed E-state index contributed by atoms with van der Waals surface area (Å²) in [6.45, 7) is 5.23. The van der Waals surface area contributed by atoms with Crippen LogP contribution in [0.4, 0.5) is 0 Å². The molecule has 0 amide bonds. The molecule has 1 aromatic rings. The fourth-order valence-corrected chi connectivity index (χ4v) is 3.88. The zero-order valence-electron chi connectivity index (χ0n) is 12.0. The van der Waals surface area contributed by atoms with E-state index in [0.29, 0.717) is 6.04 Å². The van der Waals surface area contributed by atoms with Crippen molar-refractivity contribution in [1.29, 1.82) is 0 Å². The van der Waals surface area contributed by atoms with Crippen LogP contribution >= 0.6 is 11.8 Å². The number of hydrogen-bond acceptors (Lipinski definition) is 3. The highest BCUT2D eigenvalue weighted by Crippen LogP contribution is 2.27. The summed E-state index contributed by atoms with van der Waals surface area (Å²) in [5.74, 6) is 0. The van der Waals surface area contributed by atoms with Gasteiger partial charge in [0.15, 0.2) is 0 Å². The molecule has 0 saturated heterocycles. The molecular weight excluding hydrogens is 242 g/mol. The third-order valence-electron chi connectivity index (χ3n) is 4.21. The third kappa shape index (κ3) is 2.91. The zero-order valence-corrected chi connectivity index (χ0v) is 12.8. The van der Waals surface area contributed by atoms with E-state index in [9.17, 15) is 0 Å². The summed E-state index contributed by atoms with van der Waals surface area (Å²) in [4.78, 5) is 0. The van der Waals surface area contributed by atoms with Crippen molar-refractivity contribution in [2.45, 2.75) is 57.4 Å². The first-order chi connectivity index (χ1) is 8.63. The third-order valence-corrected chi connectivity index (χ3v) is 5.37. The Kier molecular flexibility index (Phi) is 4.73. The fourth-order valence-electron chi connectivity index (χ4n) is 2.92. The minimum atomic E-state index is 0.674. The molecule has 0 aliphatic heterocycles. The number of nitrogens with zero attached hydrogens (tertiary/aromatic N) is 2. The van der Waals surface area contributed by atoms with E-state index in [2.05, 4.69) is 30.5 Å². The molecule has 2 rings (SSSR count). The Balaban J connectivity index is 1.98. The van der Waals surface area contributed by atoms with Crippen molar-refractivity contribution >= 4 is 11.8 Å². The summed E-state index contributed by atoms with van der Waals surface area (Å²) >= 11 is 2.02. The van der Waals surface area contributed by atoms with Gasteiger partial charge in [0.05, 0.1) is 5.69 Å². The average Bonchev–Trinajstić information content (AvgIpc) is 2.62. The standard InChI is InChI=1S/C14H25N3S/c1-10-12(11(2)17(3)16-10)9-15-13-7-5-6-8-14(13)18-4/h13-15H,5-9H2,1-4H3. The van der Waals surface area contributed by atoms with Gasteiger partial charge in [-0.3, -0.25) is 4.68 Å². The van der Waals surface area contributed by atoms with E-state index in [1.54, 1.807) is 0 Å². The maximum absolute atomic E-state index is 4.48. The quantitative estimate of drug-likeness (QED) is 0.910. The molecule has 1 aliphatic carbocycles. The van der Waals surface area contributed by atoms with Crippen molar-refractivity contribution in [1.82, 2.24) is 15.1 Å². The van der Waals surface area contributed by atoms with Gasteiger partial charge in [-0.1, -0.05) is 12.8 Å². The van der Waals surface area contributed by atoms with Gasteiger partial charge in [0.25, 0.3) is 0 Å². The second kappa shape index (κ2) is 6.11. The Morgan fingerprint density at radius 3 is 2.67 bits per heavy atom. The monoisotopic (exact) mass is 267 g/mol. The van der Waals surface area contributed by atoms with Crippen LogP contribution in [0.25, 0.3) is 0 Å². The number of hydrogen-bond donors (Lipinski definition) is 1. The first kappa shape index (κ1) is 13.9. The van der Waals surface area contributed by atoms with Gasteiger partial charge in [-0.25, -0.2) is 0 Å². The normalized spacial score (nSPS) is 24.4. The molecule has 2 atom stereocenters. The van der Waals surface area contributed by atoms with E-state index in [0.717, 1.165) is 11.8 Å². The lowest BCUT2D eigenvalue weighted by molar-refractivity contribution is 0.382. The van der Waals surface area contributed by atoms with Crippen molar-refractivity contribution in [2.24, 2.45) is 7.05 Å². The van der Waals surface area contributed by atoms with E-state index in [1.807, 2.05) is 23.5 Å². The van der Waals surface area contributed by atoms with Crippen LogP contribution in [0.2, 0.25) is 0 Å². The van der Waals surface area contributed by atoms with Crippen LogP contribution < -0.4 is 5.32 Å². The molecule has 1 aliphatic rings. The van der Waals surface area contributed by atoms with Crippen LogP contribution in [-0.2, 0) is 13.6 Å². The van der Waals surface area contributed by atoms with Crippen molar-refractivity contribution in [3.8, 4) is 0 Å². The Bertz CT molecular complexity index is 400. The Morgan fingerprint density at radius 2 is 2.06 bits per heavy atom. The Hall–Kier alpha value is -0.480. The molecule has 3 nitrogen and oxygen atoms in total. The summed E-state index contributed by atoms with van der Waals surface area (Å²) < 4.78 is 1.99. The Labute approximate surface area is 115 Å². The molecule has 4 heteroatoms. The van der Waals surface area contributed by atoms with Gasteiger partial charge in [-0.05, 0) is 32.9 Å². The number of rotatable bonds is 4. The summed E-state index contributed by atoms with van der Waals surface area (Å²) in [6, 6.07) is 0.674. The van der Waals surface area contributed by atoms with Crippen LogP contribution in [0, 0.1) is 13.8 Å². The van der Waals surface area contributed by atoms with E-state index < -0.39 is 0 Å². The van der Waals surface area contributed by atoms with Gasteiger partial charge >= 0.3 is 0 Å². The van der Waals surface area contributed by atoms with Crippen LogP contribution in [-0.4, -0.2) is 27.3 Å². The smallest absolute Gasteiger partial charge is 0.0641 e. The van der Waals surface area contributed by atoms with Crippen molar-refractivity contribution in [3.05, 3.63) is 17.0 Å². The maximum Gasteiger partial charge on any atom is 0.0641 e. The van der Waals surface area contributed by atoms with Gasteiger partial charge in [0.1, 0.15) is 0 Å². The highest BCUT2D eigenvalue weighted by atomic mass is 32.2. The van der Waals surface area contributed by atoms with Gasteiger partial charge in [-0.15, -0.1) is 0 Å². The van der Waals surface area contributed by atoms with Crippen molar-refractivity contribution in [3.63, 3.8) is 0 Å². The molecule has 0 radical (unpaired) electrons. The molecule has 1 N–H and O–H groups in total. The molecule has 1 saturated carbocycles. The van der Waals surface area contributed by atoms with E-state index in [-0.39, 0.29) is 0 Å². The second-order valence-corrected chi connectivity index (χ2v) is 6.40. The first-order valence-corrected chi connectivity index (χ1v) is 8.17. The Morgan fingerprint density at radius 1 is 1.33 bits per heavy atom. The average molecular weight is 267 g/mol. The summed E-state index contributed by atoms with van der Waals surface area (Å²) in [7, 11) is 2.02. The predicted octanol–water partition coefficient (Wildman–Crippen LogP) is 2.80. The number of aryl methyl sites for hydroxylation is 2. The molecule has 1 aromatic heterocycles. The largest absolute Gasteiger partial charge is 0.309 e. The van der Waals surface area contributed by atoms with E-state index in [1.165, 1.54) is 42.6 Å². The van der Waals surface area contributed by atoms with E-state index in [4.69, 9.17) is 0 Å². The lowest BCUT2D eigenvalue weighted by Gasteiger charge is -2.31. The molecule has 102 valence electrons. The minimum Gasteiger partial charge on any atom is -0.309 e. The lowest BCUT2D eigenvalue weighted by Crippen LogP contribution is -2.40. The predicted molar refractivity (Wildman–Crippen MR) is 79.1 cm³/mol. The summed E-state index contributed by atoms with van der Waals surface area (Å²) in [5, 5.41) is 9.03. The first-order valence-electron chi connectivity index (χ1n) is 6.88. The fraction of sp³-hybridized carbons (Fsp3) is 0.786. The second-order valence-electron chi connectivity index (χ2n) is 5.32. The minimum absolute atomic E-state index is 0.674. The van der Waals surface area contributed by atoms with Gasteiger partial charge in [0, 0.05) is 36.1 Å². The molecule has 1 fully saturated rings. The van der Waals surface area contributed by atoms with Crippen LogP contribution in [0.5, 0.6) is 0 Å². The number of thioether (sulfide) groups is 1. The molecule has 0 spiro atoms. The molecule has 1 heterocycles. The SMILES string of the molecule is CSC1CCCCC1NCc1c(C)nn(C)c1C. The van der Waals surface area contributed by atoms with Gasteiger partial charge < -0.3 is 5.32 Å². The highest BCUT2D eigenvalue weighted by molar-refractivity contribution is 7.99. The van der Waals surface area contributed by atoms with Crippen molar-refractivity contribution in [2.75, 3.05) is 6.26 Å². The van der Waals surface area contributed by atoms with Crippen molar-refractivity contribution < 1.29 is 0 Å². The number of aromatic nitrogens is 2. The maximum atomic E-state index is 4.48. The van der Waals surface area contributed by atoms with Gasteiger partial charge in [0.2, 0.25) is 0 Å². The molecule has 18 heavy (non-hydrogen) atoms.